The molecule has 1 atom stereocenters. The molecule has 0 aromatic rings. The highest BCUT2D eigenvalue weighted by Gasteiger charge is 2.49. The second-order valence-electron chi connectivity index (χ2n) is 7.46. The Kier molecular flexibility index (Phi) is 10.7. The summed E-state index contributed by atoms with van der Waals surface area (Å²) >= 11 is 0. The summed E-state index contributed by atoms with van der Waals surface area (Å²) in [5, 5.41) is 0.0140. The van der Waals surface area contributed by atoms with Crippen LogP contribution in [0.25, 0.3) is 0 Å². The first-order chi connectivity index (χ1) is 11.6. The lowest BCUT2D eigenvalue weighted by atomic mass is 10.2. The van der Waals surface area contributed by atoms with Crippen LogP contribution in [0.4, 0.5) is 0 Å². The van der Waals surface area contributed by atoms with Crippen molar-refractivity contribution < 1.29 is 22.5 Å². The van der Waals surface area contributed by atoms with Crippen molar-refractivity contribution in [2.75, 3.05) is 19.8 Å². The van der Waals surface area contributed by atoms with Gasteiger partial charge in [-0.2, -0.15) is 0 Å². The minimum Gasteiger partial charge on any atom is -0.518 e. The molecule has 0 N–H and O–H groups in total. The van der Waals surface area contributed by atoms with E-state index >= 15 is 0 Å². The zero-order valence-electron chi connectivity index (χ0n) is 17.9. The average Bonchev–Trinajstić information content (AvgIpc) is 2.51. The van der Waals surface area contributed by atoms with Gasteiger partial charge in [0, 0.05) is 25.9 Å². The van der Waals surface area contributed by atoms with Crippen LogP contribution in [0.3, 0.4) is 0 Å². The minimum absolute atomic E-state index is 0.0140. The average molecular weight is 393 g/mol. The van der Waals surface area contributed by atoms with E-state index in [0.717, 1.165) is 12.1 Å². The topological polar surface area (TPSA) is 54.0 Å². The van der Waals surface area contributed by atoms with Gasteiger partial charge in [-0.3, -0.25) is 4.79 Å². The lowest BCUT2D eigenvalue weighted by Gasteiger charge is -2.41. The van der Waals surface area contributed by atoms with E-state index in [2.05, 4.69) is 34.6 Å². The lowest BCUT2D eigenvalue weighted by molar-refractivity contribution is -0.139. The van der Waals surface area contributed by atoms with Crippen molar-refractivity contribution in [2.24, 2.45) is 5.92 Å². The Morgan fingerprint density at radius 1 is 0.880 bits per heavy atom. The van der Waals surface area contributed by atoms with Crippen LogP contribution in [0.2, 0.25) is 23.2 Å². The predicted octanol–water partition coefficient (Wildman–Crippen LogP) is 5.00. The number of hydrogen-bond acceptors (Lipinski definition) is 5. The van der Waals surface area contributed by atoms with Crippen LogP contribution >= 0.6 is 0 Å². The van der Waals surface area contributed by atoms with Gasteiger partial charge in [-0.25, -0.2) is 0 Å². The Morgan fingerprint density at radius 2 is 1.28 bits per heavy atom. The summed E-state index contributed by atoms with van der Waals surface area (Å²) in [5.41, 5.74) is 0. The van der Waals surface area contributed by atoms with E-state index in [1.165, 1.54) is 0 Å². The van der Waals surface area contributed by atoms with E-state index in [0.29, 0.717) is 25.9 Å². The second-order valence-corrected chi connectivity index (χ2v) is 15.2. The molecular formula is C18H40O5Si2. The SMILES string of the molecule is CCO[Si](CC(C)C(=O)O[Si](CC)(CC)C(C)(C)C)(OCC)OCC. The summed E-state index contributed by atoms with van der Waals surface area (Å²) in [5.74, 6) is -0.440. The van der Waals surface area contributed by atoms with Gasteiger partial charge in [0.15, 0.2) is 0 Å². The van der Waals surface area contributed by atoms with Gasteiger partial charge in [0.2, 0.25) is 0 Å². The molecule has 0 rings (SSSR count). The molecule has 0 heterocycles. The second kappa shape index (κ2) is 10.8. The van der Waals surface area contributed by atoms with Gasteiger partial charge < -0.3 is 17.7 Å². The summed E-state index contributed by atoms with van der Waals surface area (Å²) in [6.45, 7) is 20.0. The van der Waals surface area contributed by atoms with Crippen molar-refractivity contribution in [1.82, 2.24) is 0 Å². The maximum absolute atomic E-state index is 12.9. The van der Waals surface area contributed by atoms with Crippen LogP contribution in [-0.2, 0) is 22.5 Å². The largest absolute Gasteiger partial charge is 0.518 e. The molecule has 150 valence electrons. The molecule has 1 unspecified atom stereocenters. The minimum atomic E-state index is -2.85. The summed E-state index contributed by atoms with van der Waals surface area (Å²) < 4.78 is 23.8. The van der Waals surface area contributed by atoms with E-state index in [4.69, 9.17) is 17.7 Å². The number of hydrogen-bond donors (Lipinski definition) is 0. The van der Waals surface area contributed by atoms with E-state index in [1.807, 2.05) is 27.7 Å². The molecule has 0 saturated carbocycles. The van der Waals surface area contributed by atoms with Gasteiger partial charge >= 0.3 is 8.80 Å². The predicted molar refractivity (Wildman–Crippen MR) is 107 cm³/mol. The highest BCUT2D eigenvalue weighted by molar-refractivity contribution is 6.77. The molecular weight excluding hydrogens is 352 g/mol. The van der Waals surface area contributed by atoms with Gasteiger partial charge in [-0.15, -0.1) is 0 Å². The molecule has 0 fully saturated rings. The summed E-state index contributed by atoms with van der Waals surface area (Å²) in [6, 6.07) is 2.32. The summed E-state index contributed by atoms with van der Waals surface area (Å²) in [7, 11) is -5.01. The standard InChI is InChI=1S/C18H40O5Si2/c1-10-20-25(21-11-2,22-12-3)15-16(6)17(19)23-24(13-4,14-5)18(7,8)9/h16H,10-15H2,1-9H3. The fourth-order valence-corrected chi connectivity index (χ4v) is 9.96. The van der Waals surface area contributed by atoms with Crippen molar-refractivity contribution in [3.63, 3.8) is 0 Å². The molecule has 25 heavy (non-hydrogen) atoms. The monoisotopic (exact) mass is 392 g/mol. The maximum Gasteiger partial charge on any atom is 0.501 e. The first-order valence-corrected chi connectivity index (χ1v) is 14.0. The van der Waals surface area contributed by atoms with Crippen LogP contribution in [0, 0.1) is 5.92 Å². The van der Waals surface area contributed by atoms with E-state index in [-0.39, 0.29) is 16.9 Å². The van der Waals surface area contributed by atoms with Crippen molar-refractivity contribution in [2.45, 2.75) is 85.5 Å². The quantitative estimate of drug-likeness (QED) is 0.437. The molecule has 0 saturated heterocycles. The highest BCUT2D eigenvalue weighted by atomic mass is 28.4. The van der Waals surface area contributed by atoms with Gasteiger partial charge in [-0.05, 0) is 37.9 Å². The Bertz CT molecular complexity index is 374. The Balaban J connectivity index is 5.29. The zero-order valence-corrected chi connectivity index (χ0v) is 19.9. The molecule has 0 aliphatic heterocycles. The number of rotatable bonds is 12. The molecule has 7 heteroatoms. The van der Waals surface area contributed by atoms with E-state index in [1.54, 1.807) is 0 Å². The van der Waals surface area contributed by atoms with Crippen molar-refractivity contribution in [1.29, 1.82) is 0 Å². The number of carbonyl (C=O) groups is 1. The van der Waals surface area contributed by atoms with Crippen molar-refractivity contribution >= 4 is 23.1 Å². The summed E-state index contributed by atoms with van der Waals surface area (Å²) in [6.07, 6.45) is 0. The summed E-state index contributed by atoms with van der Waals surface area (Å²) in [4.78, 5) is 12.9. The van der Waals surface area contributed by atoms with E-state index in [9.17, 15) is 4.79 Å². The molecule has 0 aliphatic carbocycles. The molecule has 0 aliphatic rings. The van der Waals surface area contributed by atoms with Crippen LogP contribution in [-0.4, -0.2) is 42.9 Å². The third kappa shape index (κ3) is 6.79. The first-order valence-electron chi connectivity index (χ1n) is 9.71. The Hall–Kier alpha value is -0.216. The Labute approximate surface area is 157 Å². The van der Waals surface area contributed by atoms with Crippen molar-refractivity contribution in [3.8, 4) is 0 Å². The molecule has 0 bridgehead atoms. The molecule has 0 aromatic heterocycles. The van der Waals surface area contributed by atoms with Crippen LogP contribution < -0.4 is 0 Å². The van der Waals surface area contributed by atoms with Gasteiger partial charge in [0.1, 0.15) is 0 Å². The van der Waals surface area contributed by atoms with Crippen LogP contribution in [0.15, 0.2) is 0 Å². The molecule has 0 radical (unpaired) electrons. The normalized spacial score (nSPS) is 14.4. The third-order valence-corrected chi connectivity index (χ3v) is 13.8. The molecule has 5 nitrogen and oxygen atoms in total. The number of carbonyl (C=O) groups excluding carboxylic acids is 1. The Morgan fingerprint density at radius 3 is 1.56 bits per heavy atom. The fraction of sp³-hybridized carbons (Fsp3) is 0.944. The third-order valence-electron chi connectivity index (χ3n) is 4.86. The van der Waals surface area contributed by atoms with E-state index < -0.39 is 17.1 Å². The van der Waals surface area contributed by atoms with Crippen molar-refractivity contribution in [3.05, 3.63) is 0 Å². The smallest absolute Gasteiger partial charge is 0.501 e. The molecule has 0 amide bonds. The van der Waals surface area contributed by atoms with Gasteiger partial charge in [0.25, 0.3) is 14.3 Å². The maximum atomic E-state index is 12.9. The van der Waals surface area contributed by atoms with Crippen LogP contribution in [0.5, 0.6) is 0 Å². The highest BCUT2D eigenvalue weighted by Crippen LogP contribution is 2.42. The zero-order chi connectivity index (χ0) is 19.7. The first kappa shape index (κ1) is 24.8. The fourth-order valence-electron chi connectivity index (χ4n) is 3.32. The molecule has 0 spiro atoms. The van der Waals surface area contributed by atoms with Crippen LogP contribution in [0.1, 0.15) is 62.3 Å². The van der Waals surface area contributed by atoms with Gasteiger partial charge in [0.05, 0.1) is 5.92 Å². The lowest BCUT2D eigenvalue weighted by Crippen LogP contribution is -2.51. The van der Waals surface area contributed by atoms with Gasteiger partial charge in [-0.1, -0.05) is 41.5 Å². The molecule has 0 aromatic carbocycles.